The maximum Gasteiger partial charge on any atom is 0.338 e. The van der Waals surface area contributed by atoms with E-state index in [1.807, 2.05) is 32.0 Å². The summed E-state index contributed by atoms with van der Waals surface area (Å²) >= 11 is 6.15. The Morgan fingerprint density at radius 1 is 1.15 bits per heavy atom. The van der Waals surface area contributed by atoms with E-state index in [9.17, 15) is 4.79 Å². The van der Waals surface area contributed by atoms with Gasteiger partial charge in [-0.15, -0.1) is 0 Å². The maximum atomic E-state index is 12.4. The quantitative estimate of drug-likeness (QED) is 0.528. The number of hydrogen-bond acceptors (Lipinski definition) is 5. The molecule has 0 aliphatic heterocycles. The smallest absolute Gasteiger partial charge is 0.338 e. The SMILES string of the molecule is Cc1noc(C)c1COc1ccc(C(=O)O[C@@H](C)c2ccccc2Cl)cc1. The Bertz CT molecular complexity index is 914. The molecule has 5 nitrogen and oxygen atoms in total. The summed E-state index contributed by atoms with van der Waals surface area (Å²) in [6, 6.07) is 14.1. The number of rotatable bonds is 6. The summed E-state index contributed by atoms with van der Waals surface area (Å²) in [6.45, 7) is 5.86. The van der Waals surface area contributed by atoms with Crippen LogP contribution < -0.4 is 4.74 Å². The van der Waals surface area contributed by atoms with Crippen molar-refractivity contribution in [3.8, 4) is 5.75 Å². The standard InChI is InChI=1S/C21H20ClNO4/c1-13-19(15(3)27-23-13)12-25-17-10-8-16(9-11-17)21(24)26-14(2)18-6-4-5-7-20(18)22/h4-11,14H,12H2,1-3H3/t14-/m0/s1. The molecular weight excluding hydrogens is 366 g/mol. The molecule has 0 aliphatic rings. The van der Waals surface area contributed by atoms with Crippen molar-refractivity contribution in [1.29, 1.82) is 0 Å². The van der Waals surface area contributed by atoms with Crippen LogP contribution in [0, 0.1) is 13.8 Å². The first kappa shape index (κ1) is 19.0. The van der Waals surface area contributed by atoms with Crippen molar-refractivity contribution < 1.29 is 18.8 Å². The number of ether oxygens (including phenoxy) is 2. The van der Waals surface area contributed by atoms with E-state index >= 15 is 0 Å². The third-order valence-electron chi connectivity index (χ3n) is 4.28. The van der Waals surface area contributed by atoms with Gasteiger partial charge < -0.3 is 14.0 Å². The fraction of sp³-hybridized carbons (Fsp3) is 0.238. The lowest BCUT2D eigenvalue weighted by Crippen LogP contribution is -2.09. The Labute approximate surface area is 162 Å². The molecule has 0 N–H and O–H groups in total. The highest BCUT2D eigenvalue weighted by molar-refractivity contribution is 6.31. The third kappa shape index (κ3) is 4.49. The normalized spacial score (nSPS) is 11.9. The van der Waals surface area contributed by atoms with E-state index in [1.165, 1.54) is 0 Å². The van der Waals surface area contributed by atoms with E-state index in [4.69, 9.17) is 25.6 Å². The van der Waals surface area contributed by atoms with Crippen molar-refractivity contribution in [3.05, 3.63) is 81.7 Å². The fourth-order valence-corrected chi connectivity index (χ4v) is 2.94. The van der Waals surface area contributed by atoms with E-state index in [-0.39, 0.29) is 0 Å². The molecule has 3 aromatic rings. The number of esters is 1. The highest BCUT2D eigenvalue weighted by Crippen LogP contribution is 2.26. The molecule has 0 saturated carbocycles. The monoisotopic (exact) mass is 385 g/mol. The largest absolute Gasteiger partial charge is 0.489 e. The van der Waals surface area contributed by atoms with Gasteiger partial charge in [0.25, 0.3) is 0 Å². The van der Waals surface area contributed by atoms with Crippen LogP contribution in [0.25, 0.3) is 0 Å². The van der Waals surface area contributed by atoms with Crippen LogP contribution in [-0.2, 0) is 11.3 Å². The average molecular weight is 386 g/mol. The van der Waals surface area contributed by atoms with Crippen LogP contribution in [0.1, 0.15) is 46.0 Å². The van der Waals surface area contributed by atoms with Gasteiger partial charge in [0.1, 0.15) is 24.2 Å². The predicted octanol–water partition coefficient (Wildman–Crippen LogP) is 5.44. The van der Waals surface area contributed by atoms with Crippen LogP contribution in [0.4, 0.5) is 0 Å². The van der Waals surface area contributed by atoms with Gasteiger partial charge in [0.05, 0.1) is 16.8 Å². The summed E-state index contributed by atoms with van der Waals surface area (Å²) in [7, 11) is 0. The van der Waals surface area contributed by atoms with E-state index in [1.54, 1.807) is 37.3 Å². The minimum Gasteiger partial charge on any atom is -0.489 e. The van der Waals surface area contributed by atoms with Crippen molar-refractivity contribution in [1.82, 2.24) is 5.16 Å². The molecule has 0 bridgehead atoms. The molecule has 140 valence electrons. The van der Waals surface area contributed by atoms with Gasteiger partial charge in [-0.2, -0.15) is 0 Å². The van der Waals surface area contributed by atoms with Gasteiger partial charge in [0.15, 0.2) is 0 Å². The molecule has 0 amide bonds. The number of aromatic nitrogens is 1. The first-order chi connectivity index (χ1) is 13.0. The zero-order chi connectivity index (χ0) is 19.4. The molecule has 0 unspecified atom stereocenters. The minimum absolute atomic E-state index is 0.356. The Kier molecular flexibility index (Phi) is 5.81. The first-order valence-corrected chi connectivity index (χ1v) is 8.93. The number of benzene rings is 2. The third-order valence-corrected chi connectivity index (χ3v) is 4.63. The number of aryl methyl sites for hydroxylation is 2. The van der Waals surface area contributed by atoms with E-state index in [0.29, 0.717) is 22.9 Å². The van der Waals surface area contributed by atoms with Gasteiger partial charge in [0, 0.05) is 10.6 Å². The van der Waals surface area contributed by atoms with Crippen LogP contribution in [0.5, 0.6) is 5.75 Å². The van der Waals surface area contributed by atoms with Gasteiger partial charge >= 0.3 is 5.97 Å². The average Bonchev–Trinajstić information content (AvgIpc) is 2.98. The molecule has 0 radical (unpaired) electrons. The highest BCUT2D eigenvalue weighted by atomic mass is 35.5. The van der Waals surface area contributed by atoms with Crippen molar-refractivity contribution in [2.75, 3.05) is 0 Å². The van der Waals surface area contributed by atoms with Gasteiger partial charge in [-0.05, 0) is 51.1 Å². The number of hydrogen-bond donors (Lipinski definition) is 0. The molecular formula is C21H20ClNO4. The van der Waals surface area contributed by atoms with Gasteiger partial charge in [-0.1, -0.05) is 35.0 Å². The molecule has 0 fully saturated rings. The Balaban J connectivity index is 1.61. The first-order valence-electron chi connectivity index (χ1n) is 8.55. The number of halogens is 1. The van der Waals surface area contributed by atoms with E-state index < -0.39 is 12.1 Å². The van der Waals surface area contributed by atoms with Gasteiger partial charge in [-0.25, -0.2) is 4.79 Å². The molecule has 6 heteroatoms. The lowest BCUT2D eigenvalue weighted by atomic mass is 10.1. The number of carbonyl (C=O) groups excluding carboxylic acids is 1. The predicted molar refractivity (Wildman–Crippen MR) is 102 cm³/mol. The second-order valence-electron chi connectivity index (χ2n) is 6.18. The summed E-state index contributed by atoms with van der Waals surface area (Å²) in [6.07, 6.45) is -0.443. The lowest BCUT2D eigenvalue weighted by molar-refractivity contribution is 0.0338. The molecule has 3 rings (SSSR count). The van der Waals surface area contributed by atoms with E-state index in [2.05, 4.69) is 5.16 Å². The Morgan fingerprint density at radius 3 is 2.48 bits per heavy atom. The molecule has 27 heavy (non-hydrogen) atoms. The minimum atomic E-state index is -0.443. The van der Waals surface area contributed by atoms with Crippen molar-refractivity contribution in [3.63, 3.8) is 0 Å². The molecule has 1 heterocycles. The summed E-state index contributed by atoms with van der Waals surface area (Å²) in [5.41, 5.74) is 2.94. The van der Waals surface area contributed by atoms with Crippen molar-refractivity contribution in [2.45, 2.75) is 33.5 Å². The fourth-order valence-electron chi connectivity index (χ4n) is 2.65. The Morgan fingerprint density at radius 2 is 1.85 bits per heavy atom. The van der Waals surface area contributed by atoms with Crippen LogP contribution in [-0.4, -0.2) is 11.1 Å². The van der Waals surface area contributed by atoms with Crippen LogP contribution >= 0.6 is 11.6 Å². The second-order valence-corrected chi connectivity index (χ2v) is 6.59. The van der Waals surface area contributed by atoms with Crippen LogP contribution in [0.2, 0.25) is 5.02 Å². The summed E-state index contributed by atoms with van der Waals surface area (Å²) in [5.74, 6) is 0.964. The maximum absolute atomic E-state index is 12.4. The topological polar surface area (TPSA) is 61.6 Å². The lowest BCUT2D eigenvalue weighted by Gasteiger charge is -2.15. The van der Waals surface area contributed by atoms with Crippen LogP contribution in [0.15, 0.2) is 53.1 Å². The highest BCUT2D eigenvalue weighted by Gasteiger charge is 2.16. The zero-order valence-corrected chi connectivity index (χ0v) is 16.1. The van der Waals surface area contributed by atoms with Crippen LogP contribution in [0.3, 0.4) is 0 Å². The Hall–Kier alpha value is -2.79. The second kappa shape index (κ2) is 8.27. The summed E-state index contributed by atoms with van der Waals surface area (Å²) in [5, 5.41) is 4.47. The number of carbonyl (C=O) groups is 1. The molecule has 2 aromatic carbocycles. The molecule has 0 spiro atoms. The van der Waals surface area contributed by atoms with Gasteiger partial charge in [-0.3, -0.25) is 0 Å². The summed E-state index contributed by atoms with van der Waals surface area (Å²) < 4.78 is 16.4. The molecule has 0 saturated heterocycles. The zero-order valence-electron chi connectivity index (χ0n) is 15.4. The van der Waals surface area contributed by atoms with Crippen molar-refractivity contribution >= 4 is 17.6 Å². The van der Waals surface area contributed by atoms with Gasteiger partial charge in [0.2, 0.25) is 0 Å². The van der Waals surface area contributed by atoms with Crippen molar-refractivity contribution in [2.24, 2.45) is 0 Å². The number of nitrogens with zero attached hydrogens (tertiary/aromatic N) is 1. The van der Waals surface area contributed by atoms with E-state index in [0.717, 1.165) is 22.6 Å². The molecule has 1 aromatic heterocycles. The molecule has 0 aliphatic carbocycles. The molecule has 1 atom stereocenters. The summed E-state index contributed by atoms with van der Waals surface area (Å²) in [4.78, 5) is 12.4.